The molecule has 0 spiro atoms. The van der Waals surface area contributed by atoms with Crippen LogP contribution < -0.4 is 0 Å². The summed E-state index contributed by atoms with van der Waals surface area (Å²) in [5.74, 6) is 0.257. The van der Waals surface area contributed by atoms with E-state index in [1.807, 2.05) is 11.4 Å². The third-order valence-corrected chi connectivity index (χ3v) is 3.15. The smallest absolute Gasteiger partial charge is 0.102 e. The predicted molar refractivity (Wildman–Crippen MR) is 47.7 cm³/mol. The number of hydrogen-bond acceptors (Lipinski definition) is 2. The molecule has 0 unspecified atom stereocenters. The zero-order valence-electron chi connectivity index (χ0n) is 5.05. The maximum absolute atomic E-state index is 9.20. The van der Waals surface area contributed by atoms with E-state index in [1.54, 1.807) is 0 Å². The van der Waals surface area contributed by atoms with Crippen LogP contribution in [0.3, 0.4) is 0 Å². The van der Waals surface area contributed by atoms with E-state index >= 15 is 0 Å². The van der Waals surface area contributed by atoms with Crippen LogP contribution in [0.25, 0.3) is 0 Å². The van der Waals surface area contributed by atoms with Gasteiger partial charge in [-0.05, 0) is 22.0 Å². The van der Waals surface area contributed by atoms with Gasteiger partial charge in [0.25, 0.3) is 0 Å². The lowest BCUT2D eigenvalue weighted by Gasteiger charge is -2.00. The van der Waals surface area contributed by atoms with E-state index in [1.165, 1.54) is 11.3 Å². The van der Waals surface area contributed by atoms with Crippen LogP contribution in [-0.2, 0) is 0 Å². The number of aliphatic hydroxyl groups excluding tert-OH is 1. The van der Waals surface area contributed by atoms with Crippen LogP contribution in [0.15, 0.2) is 15.9 Å². The Morgan fingerprint density at radius 2 is 2.50 bits per heavy atom. The van der Waals surface area contributed by atoms with Crippen molar-refractivity contribution in [2.45, 2.75) is 6.10 Å². The van der Waals surface area contributed by atoms with Crippen molar-refractivity contribution in [3.8, 4) is 0 Å². The molecular formula is C6H6BrClOS. The van der Waals surface area contributed by atoms with Crippen LogP contribution in [0.4, 0.5) is 0 Å². The maximum atomic E-state index is 9.20. The van der Waals surface area contributed by atoms with Gasteiger partial charge in [-0.2, -0.15) is 0 Å². The van der Waals surface area contributed by atoms with Gasteiger partial charge in [0.05, 0.1) is 5.88 Å². The second-order valence-electron chi connectivity index (χ2n) is 1.84. The normalized spacial score (nSPS) is 13.5. The minimum absolute atomic E-state index is 0.257. The number of rotatable bonds is 2. The zero-order chi connectivity index (χ0) is 7.56. The van der Waals surface area contributed by atoms with E-state index in [0.29, 0.717) is 0 Å². The minimum Gasteiger partial charge on any atom is -0.386 e. The van der Waals surface area contributed by atoms with E-state index in [0.717, 1.165) is 9.35 Å². The van der Waals surface area contributed by atoms with Crippen LogP contribution in [-0.4, -0.2) is 11.0 Å². The number of halogens is 2. The first-order valence-corrected chi connectivity index (χ1v) is 4.92. The van der Waals surface area contributed by atoms with Crippen molar-refractivity contribution < 1.29 is 5.11 Å². The molecule has 1 rings (SSSR count). The summed E-state index contributed by atoms with van der Waals surface area (Å²) in [5.41, 5.74) is 0. The van der Waals surface area contributed by atoms with Crippen molar-refractivity contribution in [1.29, 1.82) is 0 Å². The first-order valence-electron chi connectivity index (χ1n) is 2.72. The molecule has 1 aromatic rings. The Kier molecular flexibility index (Phi) is 3.17. The average Bonchev–Trinajstić information content (AvgIpc) is 2.34. The SMILES string of the molecule is O[C@H](CCl)c1cc(Br)cs1. The highest BCUT2D eigenvalue weighted by atomic mass is 79.9. The number of alkyl halides is 1. The van der Waals surface area contributed by atoms with Gasteiger partial charge >= 0.3 is 0 Å². The summed E-state index contributed by atoms with van der Waals surface area (Å²) < 4.78 is 0.997. The first-order chi connectivity index (χ1) is 4.74. The summed E-state index contributed by atoms with van der Waals surface area (Å²) >= 11 is 10.2. The van der Waals surface area contributed by atoms with E-state index in [9.17, 15) is 5.11 Å². The van der Waals surface area contributed by atoms with Gasteiger partial charge in [-0.25, -0.2) is 0 Å². The molecule has 1 nitrogen and oxygen atoms in total. The summed E-state index contributed by atoms with van der Waals surface area (Å²) in [7, 11) is 0. The Morgan fingerprint density at radius 3 is 2.90 bits per heavy atom. The fourth-order valence-corrected chi connectivity index (χ4v) is 2.27. The highest BCUT2D eigenvalue weighted by Crippen LogP contribution is 2.25. The molecule has 1 heterocycles. The van der Waals surface area contributed by atoms with Gasteiger partial charge in [-0.1, -0.05) is 0 Å². The van der Waals surface area contributed by atoms with Gasteiger partial charge in [0.15, 0.2) is 0 Å². The third kappa shape index (κ3) is 1.95. The van der Waals surface area contributed by atoms with Crippen molar-refractivity contribution in [1.82, 2.24) is 0 Å². The predicted octanol–water partition coefficient (Wildman–Crippen LogP) is 2.78. The lowest BCUT2D eigenvalue weighted by atomic mass is 10.3. The summed E-state index contributed by atoms with van der Waals surface area (Å²) in [6.07, 6.45) is -0.516. The molecule has 0 radical (unpaired) electrons. The maximum Gasteiger partial charge on any atom is 0.102 e. The highest BCUT2D eigenvalue weighted by molar-refractivity contribution is 9.10. The lowest BCUT2D eigenvalue weighted by Crippen LogP contribution is -1.93. The van der Waals surface area contributed by atoms with Crippen molar-refractivity contribution in [2.75, 3.05) is 5.88 Å². The van der Waals surface area contributed by atoms with Crippen LogP contribution in [0.2, 0.25) is 0 Å². The molecule has 10 heavy (non-hydrogen) atoms. The zero-order valence-corrected chi connectivity index (χ0v) is 8.21. The molecule has 0 fully saturated rings. The van der Waals surface area contributed by atoms with Gasteiger partial charge in [0.1, 0.15) is 6.10 Å². The quantitative estimate of drug-likeness (QED) is 0.790. The third-order valence-electron chi connectivity index (χ3n) is 1.06. The molecular weight excluding hydrogens is 235 g/mol. The van der Waals surface area contributed by atoms with Gasteiger partial charge in [-0.15, -0.1) is 22.9 Å². The van der Waals surface area contributed by atoms with Crippen LogP contribution in [0, 0.1) is 0 Å². The molecule has 0 aromatic carbocycles. The highest BCUT2D eigenvalue weighted by Gasteiger charge is 2.07. The second kappa shape index (κ2) is 3.72. The molecule has 1 aromatic heterocycles. The molecule has 0 bridgehead atoms. The molecule has 1 N–H and O–H groups in total. The fraction of sp³-hybridized carbons (Fsp3) is 0.333. The van der Waals surface area contributed by atoms with Gasteiger partial charge in [0, 0.05) is 14.7 Å². The molecule has 0 aliphatic heterocycles. The summed E-state index contributed by atoms with van der Waals surface area (Å²) in [6.45, 7) is 0. The van der Waals surface area contributed by atoms with Gasteiger partial charge in [-0.3, -0.25) is 0 Å². The molecule has 0 saturated heterocycles. The topological polar surface area (TPSA) is 20.2 Å². The van der Waals surface area contributed by atoms with Crippen molar-refractivity contribution in [3.05, 3.63) is 20.8 Å². The summed E-state index contributed by atoms with van der Waals surface area (Å²) in [4.78, 5) is 0.905. The number of thiophene rings is 1. The Morgan fingerprint density at radius 1 is 1.80 bits per heavy atom. The molecule has 56 valence electrons. The van der Waals surface area contributed by atoms with Gasteiger partial charge < -0.3 is 5.11 Å². The Balaban J connectivity index is 2.74. The monoisotopic (exact) mass is 240 g/mol. The Hall–Kier alpha value is 0.430. The van der Waals surface area contributed by atoms with Gasteiger partial charge in [0.2, 0.25) is 0 Å². The first kappa shape index (κ1) is 8.53. The van der Waals surface area contributed by atoms with E-state index < -0.39 is 6.10 Å². The molecule has 0 aliphatic carbocycles. The van der Waals surface area contributed by atoms with Crippen LogP contribution in [0.1, 0.15) is 11.0 Å². The number of aliphatic hydroxyl groups is 1. The molecule has 0 amide bonds. The second-order valence-corrected chi connectivity index (χ2v) is 4.00. The number of hydrogen-bond donors (Lipinski definition) is 1. The van der Waals surface area contributed by atoms with Crippen LogP contribution in [0.5, 0.6) is 0 Å². The summed E-state index contributed by atoms with van der Waals surface area (Å²) in [5, 5.41) is 11.1. The lowest BCUT2D eigenvalue weighted by molar-refractivity contribution is 0.206. The largest absolute Gasteiger partial charge is 0.386 e. The Bertz CT molecular complexity index is 213. The van der Waals surface area contributed by atoms with Crippen molar-refractivity contribution in [2.24, 2.45) is 0 Å². The molecule has 1 atom stereocenters. The van der Waals surface area contributed by atoms with Crippen LogP contribution >= 0.6 is 38.9 Å². The average molecular weight is 242 g/mol. The fourth-order valence-electron chi connectivity index (χ4n) is 0.579. The van der Waals surface area contributed by atoms with E-state index in [-0.39, 0.29) is 5.88 Å². The molecule has 4 heteroatoms. The minimum atomic E-state index is -0.516. The van der Waals surface area contributed by atoms with Crippen molar-refractivity contribution >= 4 is 38.9 Å². The van der Waals surface area contributed by atoms with Crippen molar-refractivity contribution in [3.63, 3.8) is 0 Å². The Labute approximate surface area is 76.8 Å². The molecule has 0 aliphatic rings. The van der Waals surface area contributed by atoms with E-state index in [4.69, 9.17) is 11.6 Å². The standard InChI is InChI=1S/C6H6BrClOS/c7-4-1-6(10-3-4)5(9)2-8/h1,3,5,9H,2H2/t5-/m1/s1. The summed E-state index contributed by atoms with van der Waals surface area (Å²) in [6, 6.07) is 1.87. The molecule has 0 saturated carbocycles. The van der Waals surface area contributed by atoms with E-state index in [2.05, 4.69) is 15.9 Å².